The van der Waals surface area contributed by atoms with Crippen LogP contribution in [-0.2, 0) is 24.8 Å². The minimum absolute atomic E-state index is 0.0178. The molecule has 0 aliphatic carbocycles. The number of hydrogen-bond acceptors (Lipinski definition) is 4. The van der Waals surface area contributed by atoms with Crippen LogP contribution in [0.25, 0.3) is 0 Å². The van der Waals surface area contributed by atoms with Crippen LogP contribution < -0.4 is 5.32 Å². The number of imidazole rings is 1. The summed E-state index contributed by atoms with van der Waals surface area (Å²) in [7, 11) is 1.88. The molecule has 1 unspecified atom stereocenters. The first-order valence-corrected chi connectivity index (χ1v) is 8.78. The zero-order valence-corrected chi connectivity index (χ0v) is 15.2. The Morgan fingerprint density at radius 2 is 2.08 bits per heavy atom. The molecular weight excluding hydrogens is 328 g/mol. The van der Waals surface area contributed by atoms with E-state index in [2.05, 4.69) is 25.1 Å². The second kappa shape index (κ2) is 8.42. The highest BCUT2D eigenvalue weighted by atomic mass is 16.1. The van der Waals surface area contributed by atoms with Gasteiger partial charge in [0.05, 0.1) is 6.04 Å². The van der Waals surface area contributed by atoms with E-state index in [1.807, 2.05) is 55.1 Å². The van der Waals surface area contributed by atoms with E-state index in [4.69, 9.17) is 0 Å². The van der Waals surface area contributed by atoms with Gasteiger partial charge in [0.25, 0.3) is 0 Å². The maximum absolute atomic E-state index is 12.5. The number of carbonyl (C=O) groups is 1. The van der Waals surface area contributed by atoms with Crippen molar-refractivity contribution in [3.05, 3.63) is 66.3 Å². The molecule has 1 aromatic carbocycles. The van der Waals surface area contributed by atoms with Crippen LogP contribution in [0.3, 0.4) is 0 Å². The highest BCUT2D eigenvalue weighted by Gasteiger charge is 2.15. The van der Waals surface area contributed by atoms with Crippen LogP contribution in [0.4, 0.5) is 0 Å². The first-order valence-electron chi connectivity index (χ1n) is 8.78. The molecule has 7 heteroatoms. The predicted molar refractivity (Wildman–Crippen MR) is 98.2 cm³/mol. The highest BCUT2D eigenvalue weighted by Crippen LogP contribution is 2.18. The van der Waals surface area contributed by atoms with Crippen molar-refractivity contribution in [1.82, 2.24) is 29.6 Å². The van der Waals surface area contributed by atoms with E-state index in [1.54, 1.807) is 12.5 Å². The first kappa shape index (κ1) is 17.8. The van der Waals surface area contributed by atoms with Gasteiger partial charge in [-0.2, -0.15) is 0 Å². The number of benzene rings is 1. The summed E-state index contributed by atoms with van der Waals surface area (Å²) in [4.78, 5) is 16.7. The molecule has 1 amide bonds. The van der Waals surface area contributed by atoms with Gasteiger partial charge in [-0.25, -0.2) is 4.98 Å². The van der Waals surface area contributed by atoms with Crippen LogP contribution in [0, 0.1) is 6.92 Å². The smallest absolute Gasteiger partial charge is 0.220 e. The summed E-state index contributed by atoms with van der Waals surface area (Å²) in [5, 5.41) is 11.0. The SMILES string of the molecule is Cc1nccn1CCC(NC(=O)CCc1nncn1C)c1ccccc1. The summed E-state index contributed by atoms with van der Waals surface area (Å²) in [6, 6.07) is 10.0. The first-order chi connectivity index (χ1) is 12.6. The molecule has 0 saturated carbocycles. The molecule has 2 heterocycles. The van der Waals surface area contributed by atoms with Gasteiger partial charge >= 0.3 is 0 Å². The lowest BCUT2D eigenvalue weighted by atomic mass is 10.0. The molecule has 3 aromatic rings. The molecular formula is C19H24N6O. The van der Waals surface area contributed by atoms with Crippen LogP contribution in [0.1, 0.15) is 36.1 Å². The van der Waals surface area contributed by atoms with E-state index in [0.29, 0.717) is 12.8 Å². The monoisotopic (exact) mass is 352 g/mol. The Kier molecular flexibility index (Phi) is 5.78. The number of carbonyl (C=O) groups excluding carboxylic acids is 1. The normalized spacial score (nSPS) is 12.1. The third kappa shape index (κ3) is 4.56. The van der Waals surface area contributed by atoms with Gasteiger partial charge in [-0.05, 0) is 18.9 Å². The van der Waals surface area contributed by atoms with Crippen molar-refractivity contribution in [2.24, 2.45) is 7.05 Å². The number of nitrogens with one attached hydrogen (secondary N) is 1. The molecule has 0 saturated heterocycles. The van der Waals surface area contributed by atoms with Gasteiger partial charge in [0.2, 0.25) is 5.91 Å². The summed E-state index contributed by atoms with van der Waals surface area (Å²) in [5.74, 6) is 1.81. The van der Waals surface area contributed by atoms with Gasteiger partial charge in [-0.15, -0.1) is 10.2 Å². The van der Waals surface area contributed by atoms with Gasteiger partial charge in [0, 0.05) is 38.8 Å². The van der Waals surface area contributed by atoms with Gasteiger partial charge < -0.3 is 14.5 Å². The van der Waals surface area contributed by atoms with Crippen LogP contribution in [0.15, 0.2) is 49.1 Å². The molecule has 136 valence electrons. The summed E-state index contributed by atoms with van der Waals surface area (Å²) in [5.41, 5.74) is 1.11. The Balaban J connectivity index is 1.62. The Labute approximate surface area is 153 Å². The molecule has 1 atom stereocenters. The summed E-state index contributed by atoms with van der Waals surface area (Å²) in [6.45, 7) is 2.78. The van der Waals surface area contributed by atoms with Gasteiger partial charge in [0.1, 0.15) is 18.0 Å². The largest absolute Gasteiger partial charge is 0.349 e. The second-order valence-corrected chi connectivity index (χ2v) is 6.35. The lowest BCUT2D eigenvalue weighted by Crippen LogP contribution is -2.29. The average molecular weight is 352 g/mol. The Morgan fingerprint density at radius 1 is 1.27 bits per heavy atom. The van der Waals surface area contributed by atoms with Gasteiger partial charge in [0.15, 0.2) is 0 Å². The summed E-state index contributed by atoms with van der Waals surface area (Å²) < 4.78 is 3.94. The van der Waals surface area contributed by atoms with Crippen molar-refractivity contribution in [2.75, 3.05) is 0 Å². The quantitative estimate of drug-likeness (QED) is 0.674. The fourth-order valence-corrected chi connectivity index (χ4v) is 2.94. The van der Waals surface area contributed by atoms with E-state index in [-0.39, 0.29) is 11.9 Å². The van der Waals surface area contributed by atoms with E-state index < -0.39 is 0 Å². The van der Waals surface area contributed by atoms with Gasteiger partial charge in [-0.1, -0.05) is 30.3 Å². The fraction of sp³-hybridized carbons (Fsp3) is 0.368. The maximum atomic E-state index is 12.5. The van der Waals surface area contributed by atoms with E-state index >= 15 is 0 Å². The van der Waals surface area contributed by atoms with Crippen LogP contribution in [0.5, 0.6) is 0 Å². The minimum Gasteiger partial charge on any atom is -0.349 e. The van der Waals surface area contributed by atoms with E-state index in [0.717, 1.165) is 30.2 Å². The fourth-order valence-electron chi connectivity index (χ4n) is 2.94. The van der Waals surface area contributed by atoms with Crippen molar-refractivity contribution in [3.63, 3.8) is 0 Å². The van der Waals surface area contributed by atoms with E-state index in [9.17, 15) is 4.79 Å². The average Bonchev–Trinajstić information content (AvgIpc) is 3.25. The third-order valence-corrected chi connectivity index (χ3v) is 4.50. The van der Waals surface area contributed by atoms with Crippen LogP contribution in [-0.4, -0.2) is 30.2 Å². The summed E-state index contributed by atoms with van der Waals surface area (Å²) in [6.07, 6.45) is 7.18. The Hall–Kier alpha value is -2.96. The van der Waals surface area contributed by atoms with Crippen molar-refractivity contribution >= 4 is 5.91 Å². The standard InChI is InChI=1S/C19H24N6O/c1-15-20-11-13-25(15)12-10-17(16-6-4-3-5-7-16)22-19(26)9-8-18-23-21-14-24(18)2/h3-7,11,13-14,17H,8-10,12H2,1-2H3,(H,22,26). The van der Waals surface area contributed by atoms with Crippen molar-refractivity contribution < 1.29 is 4.79 Å². The van der Waals surface area contributed by atoms with Gasteiger partial charge in [-0.3, -0.25) is 4.79 Å². The molecule has 1 N–H and O–H groups in total. The van der Waals surface area contributed by atoms with Crippen molar-refractivity contribution in [3.8, 4) is 0 Å². The molecule has 0 fully saturated rings. The number of nitrogens with zero attached hydrogens (tertiary/aromatic N) is 5. The second-order valence-electron chi connectivity index (χ2n) is 6.35. The number of rotatable bonds is 8. The Morgan fingerprint density at radius 3 is 2.73 bits per heavy atom. The summed E-state index contributed by atoms with van der Waals surface area (Å²) >= 11 is 0. The lowest BCUT2D eigenvalue weighted by Gasteiger charge is -2.20. The minimum atomic E-state index is -0.0370. The third-order valence-electron chi connectivity index (χ3n) is 4.50. The predicted octanol–water partition coefficient (Wildman–Crippen LogP) is 2.20. The number of hydrogen-bond donors (Lipinski definition) is 1. The number of aryl methyl sites for hydroxylation is 4. The topological polar surface area (TPSA) is 77.6 Å². The molecule has 0 bridgehead atoms. The molecule has 3 rings (SSSR count). The van der Waals surface area contributed by atoms with Crippen LogP contribution >= 0.6 is 0 Å². The lowest BCUT2D eigenvalue weighted by molar-refractivity contribution is -0.121. The van der Waals surface area contributed by atoms with Crippen molar-refractivity contribution in [1.29, 1.82) is 0 Å². The molecule has 0 aliphatic rings. The zero-order valence-electron chi connectivity index (χ0n) is 15.2. The zero-order chi connectivity index (χ0) is 18.4. The Bertz CT molecular complexity index is 839. The van der Waals surface area contributed by atoms with Crippen molar-refractivity contribution in [2.45, 2.75) is 38.8 Å². The number of aromatic nitrogens is 5. The molecule has 26 heavy (non-hydrogen) atoms. The number of amides is 1. The molecule has 0 radical (unpaired) electrons. The molecule has 0 spiro atoms. The van der Waals surface area contributed by atoms with E-state index in [1.165, 1.54) is 0 Å². The maximum Gasteiger partial charge on any atom is 0.220 e. The van der Waals surface area contributed by atoms with Crippen LogP contribution in [0.2, 0.25) is 0 Å². The molecule has 0 aliphatic heterocycles. The molecule has 2 aromatic heterocycles. The highest BCUT2D eigenvalue weighted by molar-refractivity contribution is 5.76. The molecule has 7 nitrogen and oxygen atoms in total.